The van der Waals surface area contributed by atoms with E-state index in [1.807, 2.05) is 12.1 Å². The molecule has 0 aliphatic heterocycles. The Morgan fingerprint density at radius 1 is 1.21 bits per heavy atom. The molecule has 0 aliphatic carbocycles. The van der Waals surface area contributed by atoms with Crippen molar-refractivity contribution in [2.75, 3.05) is 7.05 Å². The fourth-order valence-corrected chi connectivity index (χ4v) is 3.08. The fourth-order valence-electron chi connectivity index (χ4n) is 2.91. The van der Waals surface area contributed by atoms with E-state index in [-0.39, 0.29) is 17.5 Å². The maximum absolute atomic E-state index is 12.8. The number of hydrogen-bond acceptors (Lipinski definition) is 5. The van der Waals surface area contributed by atoms with E-state index in [1.165, 1.54) is 11.1 Å². The second kappa shape index (κ2) is 7.28. The highest BCUT2D eigenvalue weighted by molar-refractivity contribution is 6.31. The summed E-state index contributed by atoms with van der Waals surface area (Å²) in [4.78, 5) is 33.8. The number of H-pyrrole nitrogens is 1. The highest BCUT2D eigenvalue weighted by Gasteiger charge is 2.19. The van der Waals surface area contributed by atoms with Crippen molar-refractivity contribution in [3.8, 4) is 11.3 Å². The minimum absolute atomic E-state index is 0.0474. The molecule has 0 bridgehead atoms. The summed E-state index contributed by atoms with van der Waals surface area (Å²) in [5, 5.41) is 4.93. The lowest BCUT2D eigenvalue weighted by Crippen LogP contribution is -2.30. The fraction of sp³-hybridized carbons (Fsp3) is 0.100. The summed E-state index contributed by atoms with van der Waals surface area (Å²) in [5.41, 5.74) is 1.79. The maximum atomic E-state index is 12.8. The number of halogens is 1. The minimum atomic E-state index is -0.417. The Balaban J connectivity index is 1.57. The van der Waals surface area contributed by atoms with E-state index in [0.717, 1.165) is 5.56 Å². The lowest BCUT2D eigenvalue weighted by Gasteiger charge is -2.15. The summed E-state index contributed by atoms with van der Waals surface area (Å²) in [6.45, 7) is 0.176. The van der Waals surface area contributed by atoms with Gasteiger partial charge in [-0.3, -0.25) is 14.6 Å². The Kier molecular flexibility index (Phi) is 4.67. The average Bonchev–Trinajstić information content (AvgIpc) is 3.17. The molecular formula is C20H15ClN4O3. The van der Waals surface area contributed by atoms with E-state index < -0.39 is 5.91 Å². The molecule has 0 radical (unpaired) electrons. The van der Waals surface area contributed by atoms with Gasteiger partial charge in [0, 0.05) is 47.7 Å². The van der Waals surface area contributed by atoms with Crippen LogP contribution in [-0.4, -0.2) is 33.0 Å². The van der Waals surface area contributed by atoms with Crippen molar-refractivity contribution in [2.24, 2.45) is 0 Å². The largest absolute Gasteiger partial charge is 0.360 e. The molecule has 0 fully saturated rings. The highest BCUT2D eigenvalue weighted by Crippen LogP contribution is 2.19. The van der Waals surface area contributed by atoms with Crippen LogP contribution in [0.5, 0.6) is 0 Å². The molecule has 4 aromatic rings. The summed E-state index contributed by atoms with van der Waals surface area (Å²) in [6, 6.07) is 10.3. The van der Waals surface area contributed by atoms with Crippen LogP contribution in [0.25, 0.3) is 22.2 Å². The normalized spacial score (nSPS) is 10.9. The predicted octanol–water partition coefficient (Wildman–Crippen LogP) is 3.50. The van der Waals surface area contributed by atoms with Gasteiger partial charge in [-0.15, -0.1) is 0 Å². The van der Waals surface area contributed by atoms with Crippen molar-refractivity contribution >= 4 is 28.4 Å². The van der Waals surface area contributed by atoms with E-state index >= 15 is 0 Å². The van der Waals surface area contributed by atoms with Crippen LogP contribution < -0.4 is 5.43 Å². The summed E-state index contributed by atoms with van der Waals surface area (Å²) < 4.78 is 5.32. The minimum Gasteiger partial charge on any atom is -0.360 e. The number of hydrogen-bond donors (Lipinski definition) is 1. The van der Waals surface area contributed by atoms with Gasteiger partial charge in [-0.1, -0.05) is 16.8 Å². The van der Waals surface area contributed by atoms with Gasteiger partial charge in [0.05, 0.1) is 12.1 Å². The third kappa shape index (κ3) is 3.39. The molecule has 0 saturated carbocycles. The van der Waals surface area contributed by atoms with Crippen molar-refractivity contribution in [3.63, 3.8) is 0 Å². The standard InChI is InChI=1S/C20H15ClN4O3/c1-25(11-14-9-17(24-28-14)12-4-6-22-7-5-12)20(27)16-10-23-18-8-13(21)2-3-15(18)19(16)26/h2-10H,11H2,1H3,(H,23,26). The average molecular weight is 395 g/mol. The van der Waals surface area contributed by atoms with Gasteiger partial charge >= 0.3 is 0 Å². The predicted molar refractivity (Wildman–Crippen MR) is 105 cm³/mol. The van der Waals surface area contributed by atoms with Crippen LogP contribution in [0.4, 0.5) is 0 Å². The number of aromatic amines is 1. The van der Waals surface area contributed by atoms with Crippen LogP contribution in [0.2, 0.25) is 5.02 Å². The van der Waals surface area contributed by atoms with Gasteiger partial charge in [-0.25, -0.2) is 0 Å². The van der Waals surface area contributed by atoms with Crippen LogP contribution in [0.1, 0.15) is 16.1 Å². The highest BCUT2D eigenvalue weighted by atomic mass is 35.5. The van der Waals surface area contributed by atoms with Crippen LogP contribution >= 0.6 is 11.6 Å². The van der Waals surface area contributed by atoms with E-state index in [9.17, 15) is 9.59 Å². The van der Waals surface area contributed by atoms with Gasteiger partial charge in [0.25, 0.3) is 5.91 Å². The number of aromatic nitrogens is 3. The third-order valence-electron chi connectivity index (χ3n) is 4.35. The number of pyridine rings is 2. The summed E-state index contributed by atoms with van der Waals surface area (Å²) >= 11 is 5.94. The van der Waals surface area contributed by atoms with Gasteiger partial charge in [0.2, 0.25) is 5.43 Å². The smallest absolute Gasteiger partial charge is 0.259 e. The molecule has 3 heterocycles. The topological polar surface area (TPSA) is 92.1 Å². The monoisotopic (exact) mass is 394 g/mol. The summed E-state index contributed by atoms with van der Waals surface area (Å²) in [5.74, 6) is 0.0895. The lowest BCUT2D eigenvalue weighted by atomic mass is 10.1. The van der Waals surface area contributed by atoms with E-state index in [2.05, 4.69) is 15.1 Å². The van der Waals surface area contributed by atoms with E-state index in [0.29, 0.717) is 27.4 Å². The van der Waals surface area contributed by atoms with Crippen LogP contribution in [0.15, 0.2) is 64.3 Å². The number of benzene rings is 1. The quantitative estimate of drug-likeness (QED) is 0.572. The van der Waals surface area contributed by atoms with Crippen molar-refractivity contribution in [3.05, 3.63) is 81.6 Å². The molecule has 0 spiro atoms. The molecule has 0 atom stereocenters. The Bertz CT molecular complexity index is 1220. The Labute approximate surface area is 164 Å². The zero-order valence-electron chi connectivity index (χ0n) is 14.8. The number of nitrogens with zero attached hydrogens (tertiary/aromatic N) is 3. The first-order valence-electron chi connectivity index (χ1n) is 8.45. The zero-order chi connectivity index (χ0) is 19.7. The van der Waals surface area contributed by atoms with Crippen molar-refractivity contribution in [1.82, 2.24) is 20.0 Å². The van der Waals surface area contributed by atoms with Crippen LogP contribution in [0.3, 0.4) is 0 Å². The van der Waals surface area contributed by atoms with Gasteiger partial charge in [0.1, 0.15) is 11.3 Å². The number of carbonyl (C=O) groups excluding carboxylic acids is 1. The molecule has 7 nitrogen and oxygen atoms in total. The van der Waals surface area contributed by atoms with Gasteiger partial charge in [0.15, 0.2) is 5.76 Å². The Morgan fingerprint density at radius 3 is 2.79 bits per heavy atom. The number of carbonyl (C=O) groups is 1. The Morgan fingerprint density at radius 2 is 2.00 bits per heavy atom. The van der Waals surface area contributed by atoms with Gasteiger partial charge in [-0.2, -0.15) is 0 Å². The number of nitrogens with one attached hydrogen (secondary N) is 1. The molecule has 1 amide bonds. The third-order valence-corrected chi connectivity index (χ3v) is 4.58. The summed E-state index contributed by atoms with van der Waals surface area (Å²) in [6.07, 6.45) is 4.74. The maximum Gasteiger partial charge on any atom is 0.259 e. The van der Waals surface area contributed by atoms with E-state index in [4.69, 9.17) is 16.1 Å². The number of rotatable bonds is 4. The molecule has 0 aliphatic rings. The zero-order valence-corrected chi connectivity index (χ0v) is 15.6. The SMILES string of the molecule is CN(Cc1cc(-c2ccncc2)no1)C(=O)c1c[nH]c2cc(Cl)ccc2c1=O. The second-order valence-electron chi connectivity index (χ2n) is 6.30. The van der Waals surface area contributed by atoms with Gasteiger partial charge < -0.3 is 14.4 Å². The molecule has 28 heavy (non-hydrogen) atoms. The molecule has 8 heteroatoms. The summed E-state index contributed by atoms with van der Waals surface area (Å²) in [7, 11) is 1.60. The first kappa shape index (κ1) is 17.9. The molecular weight excluding hydrogens is 380 g/mol. The first-order valence-corrected chi connectivity index (χ1v) is 8.83. The van der Waals surface area contributed by atoms with Gasteiger partial charge in [-0.05, 0) is 30.3 Å². The molecule has 4 rings (SSSR count). The Hall–Kier alpha value is -3.45. The first-order chi connectivity index (χ1) is 13.5. The lowest BCUT2D eigenvalue weighted by molar-refractivity contribution is 0.0771. The van der Waals surface area contributed by atoms with Crippen LogP contribution in [-0.2, 0) is 6.54 Å². The van der Waals surface area contributed by atoms with Crippen molar-refractivity contribution in [1.29, 1.82) is 0 Å². The molecule has 0 saturated heterocycles. The van der Waals surface area contributed by atoms with Crippen molar-refractivity contribution < 1.29 is 9.32 Å². The molecule has 0 unspecified atom stereocenters. The van der Waals surface area contributed by atoms with Crippen molar-refractivity contribution in [2.45, 2.75) is 6.54 Å². The number of amides is 1. The molecule has 1 aromatic carbocycles. The number of fused-ring (bicyclic) bond motifs is 1. The molecule has 1 N–H and O–H groups in total. The molecule has 140 valence electrons. The van der Waals surface area contributed by atoms with E-state index in [1.54, 1.807) is 43.7 Å². The molecule has 3 aromatic heterocycles. The van der Waals surface area contributed by atoms with Crippen LogP contribution in [0, 0.1) is 0 Å². The second-order valence-corrected chi connectivity index (χ2v) is 6.73.